The number of nitrogens with zero attached hydrogens (tertiary/aromatic N) is 1. The van der Waals surface area contributed by atoms with Crippen LogP contribution < -0.4 is 5.32 Å². The van der Waals surface area contributed by atoms with Gasteiger partial charge in [0.15, 0.2) is 0 Å². The van der Waals surface area contributed by atoms with Crippen molar-refractivity contribution in [3.05, 3.63) is 63.7 Å². The zero-order chi connectivity index (χ0) is 14.8. The molecule has 0 radical (unpaired) electrons. The van der Waals surface area contributed by atoms with Crippen LogP contribution in [0, 0.1) is 10.1 Å². The van der Waals surface area contributed by atoms with Gasteiger partial charge in [0.25, 0.3) is 5.69 Å². The summed E-state index contributed by atoms with van der Waals surface area (Å²) in [6.45, 7) is 0. The van der Waals surface area contributed by atoms with Crippen LogP contribution in [0.15, 0.2) is 47.4 Å². The summed E-state index contributed by atoms with van der Waals surface area (Å²) >= 11 is 1.63. The second-order valence-electron chi connectivity index (χ2n) is 4.76. The predicted octanol–water partition coefficient (Wildman–Crippen LogP) is 3.38. The minimum Gasteiger partial charge on any atom is -0.325 e. The molecule has 0 aliphatic carbocycles. The van der Waals surface area contributed by atoms with Gasteiger partial charge in [0.1, 0.15) is 0 Å². The van der Waals surface area contributed by atoms with Crippen LogP contribution >= 0.6 is 11.8 Å². The number of hydrogen-bond acceptors (Lipinski definition) is 4. The molecule has 2 aromatic rings. The summed E-state index contributed by atoms with van der Waals surface area (Å²) in [6, 6.07) is 12.5. The highest BCUT2D eigenvalue weighted by molar-refractivity contribution is 7.98. The first-order valence-corrected chi connectivity index (χ1v) is 7.39. The Hall–Kier alpha value is -2.34. The van der Waals surface area contributed by atoms with Gasteiger partial charge in [0.2, 0.25) is 5.91 Å². The topological polar surface area (TPSA) is 72.2 Å². The molecule has 0 atom stereocenters. The summed E-state index contributed by atoms with van der Waals surface area (Å²) in [6.07, 6.45) is 0.447. The molecule has 2 aromatic carbocycles. The minimum absolute atomic E-state index is 0.0301. The first-order chi connectivity index (χ1) is 10.1. The number of anilines is 1. The molecule has 5 nitrogen and oxygen atoms in total. The fourth-order valence-corrected chi connectivity index (χ4v) is 3.06. The first kappa shape index (κ1) is 13.6. The minimum atomic E-state index is -0.403. The van der Waals surface area contributed by atoms with Gasteiger partial charge >= 0.3 is 0 Å². The van der Waals surface area contributed by atoms with Gasteiger partial charge in [-0.2, -0.15) is 0 Å². The van der Waals surface area contributed by atoms with Crippen molar-refractivity contribution in [3.63, 3.8) is 0 Å². The molecule has 21 heavy (non-hydrogen) atoms. The fourth-order valence-electron chi connectivity index (χ4n) is 2.16. The molecule has 0 spiro atoms. The molecule has 1 heterocycles. The molecule has 0 saturated carbocycles. The SMILES string of the molecule is O=C1Cc2ccc(SCc3ccc([N+](=O)[O-])cc3)cc2N1. The largest absolute Gasteiger partial charge is 0.325 e. The Balaban J connectivity index is 1.66. The van der Waals surface area contributed by atoms with E-state index in [0.29, 0.717) is 6.42 Å². The van der Waals surface area contributed by atoms with Gasteiger partial charge in [-0.05, 0) is 23.3 Å². The van der Waals surface area contributed by atoms with E-state index in [9.17, 15) is 14.9 Å². The number of fused-ring (bicyclic) bond motifs is 1. The average Bonchev–Trinajstić information content (AvgIpc) is 2.84. The van der Waals surface area contributed by atoms with Gasteiger partial charge in [0.05, 0.1) is 11.3 Å². The summed E-state index contributed by atoms with van der Waals surface area (Å²) in [7, 11) is 0. The standard InChI is InChI=1S/C15H12N2O3S/c18-15-7-11-3-6-13(8-14(11)16-15)21-9-10-1-4-12(5-2-10)17(19)20/h1-6,8H,7,9H2,(H,16,18). The Kier molecular flexibility index (Phi) is 3.62. The highest BCUT2D eigenvalue weighted by Gasteiger charge is 2.17. The van der Waals surface area contributed by atoms with Crippen LogP contribution in [0.1, 0.15) is 11.1 Å². The van der Waals surface area contributed by atoms with Crippen molar-refractivity contribution in [2.75, 3.05) is 5.32 Å². The fraction of sp³-hybridized carbons (Fsp3) is 0.133. The molecule has 1 aliphatic heterocycles. The quantitative estimate of drug-likeness (QED) is 0.534. The maximum absolute atomic E-state index is 11.3. The lowest BCUT2D eigenvalue weighted by atomic mass is 10.2. The van der Waals surface area contributed by atoms with E-state index in [4.69, 9.17) is 0 Å². The Morgan fingerprint density at radius 2 is 1.95 bits per heavy atom. The molecule has 0 saturated heterocycles. The number of rotatable bonds is 4. The third-order valence-electron chi connectivity index (χ3n) is 3.26. The van der Waals surface area contributed by atoms with Gasteiger partial charge in [-0.25, -0.2) is 0 Å². The van der Waals surface area contributed by atoms with E-state index in [2.05, 4.69) is 5.32 Å². The number of thioether (sulfide) groups is 1. The van der Waals surface area contributed by atoms with Crippen molar-refractivity contribution < 1.29 is 9.72 Å². The van der Waals surface area contributed by atoms with Crippen LogP contribution in [0.25, 0.3) is 0 Å². The lowest BCUT2D eigenvalue weighted by molar-refractivity contribution is -0.384. The van der Waals surface area contributed by atoms with Crippen molar-refractivity contribution in [1.29, 1.82) is 0 Å². The van der Waals surface area contributed by atoms with Crippen LogP contribution in [-0.2, 0) is 17.0 Å². The number of nitro groups is 1. The highest BCUT2D eigenvalue weighted by Crippen LogP contribution is 2.30. The lowest BCUT2D eigenvalue weighted by Gasteiger charge is -2.05. The van der Waals surface area contributed by atoms with Crippen LogP contribution in [-0.4, -0.2) is 10.8 Å². The molecule has 0 fully saturated rings. The number of amides is 1. The van der Waals surface area contributed by atoms with E-state index in [-0.39, 0.29) is 11.6 Å². The van der Waals surface area contributed by atoms with E-state index < -0.39 is 4.92 Å². The molecule has 0 aromatic heterocycles. The Labute approximate surface area is 125 Å². The number of carbonyl (C=O) groups is 1. The molecule has 0 bridgehead atoms. The molecule has 1 amide bonds. The molecule has 106 valence electrons. The van der Waals surface area contributed by atoms with Crippen molar-refractivity contribution in [3.8, 4) is 0 Å². The van der Waals surface area contributed by atoms with Crippen molar-refractivity contribution >= 4 is 29.0 Å². The second-order valence-corrected chi connectivity index (χ2v) is 5.80. The van der Waals surface area contributed by atoms with Gasteiger partial charge in [0, 0.05) is 28.5 Å². The van der Waals surface area contributed by atoms with Crippen molar-refractivity contribution in [2.45, 2.75) is 17.1 Å². The van der Waals surface area contributed by atoms with E-state index in [0.717, 1.165) is 27.5 Å². The number of nitro benzene ring substituents is 1. The number of nitrogens with one attached hydrogen (secondary N) is 1. The van der Waals surface area contributed by atoms with Gasteiger partial charge in [-0.15, -0.1) is 11.8 Å². The molecule has 3 rings (SSSR count). The van der Waals surface area contributed by atoms with Crippen LogP contribution in [0.4, 0.5) is 11.4 Å². The molecule has 1 aliphatic rings. The summed E-state index contributed by atoms with van der Waals surface area (Å²) in [5, 5.41) is 13.4. The van der Waals surface area contributed by atoms with E-state index in [1.165, 1.54) is 12.1 Å². The van der Waals surface area contributed by atoms with Crippen LogP contribution in [0.2, 0.25) is 0 Å². The predicted molar refractivity (Wildman–Crippen MR) is 81.4 cm³/mol. The number of non-ortho nitro benzene ring substituents is 1. The highest BCUT2D eigenvalue weighted by atomic mass is 32.2. The number of hydrogen-bond donors (Lipinski definition) is 1. The van der Waals surface area contributed by atoms with Crippen LogP contribution in [0.3, 0.4) is 0 Å². The third kappa shape index (κ3) is 3.05. The van der Waals surface area contributed by atoms with Crippen molar-refractivity contribution in [1.82, 2.24) is 0 Å². The van der Waals surface area contributed by atoms with E-state index in [1.807, 2.05) is 18.2 Å². The number of benzene rings is 2. The number of carbonyl (C=O) groups excluding carboxylic acids is 1. The molecule has 6 heteroatoms. The maximum atomic E-state index is 11.3. The smallest absolute Gasteiger partial charge is 0.269 e. The third-order valence-corrected chi connectivity index (χ3v) is 4.32. The summed E-state index contributed by atoms with van der Waals surface area (Å²) in [5.41, 5.74) is 3.03. The molecular weight excluding hydrogens is 288 g/mol. The average molecular weight is 300 g/mol. The molecular formula is C15H12N2O3S. The summed E-state index contributed by atoms with van der Waals surface area (Å²) < 4.78 is 0. The first-order valence-electron chi connectivity index (χ1n) is 6.41. The Morgan fingerprint density at radius 3 is 2.67 bits per heavy atom. The zero-order valence-electron chi connectivity index (χ0n) is 11.0. The lowest BCUT2D eigenvalue weighted by Crippen LogP contribution is -2.03. The van der Waals surface area contributed by atoms with E-state index in [1.54, 1.807) is 23.9 Å². The molecule has 0 unspecified atom stereocenters. The van der Waals surface area contributed by atoms with E-state index >= 15 is 0 Å². The monoisotopic (exact) mass is 300 g/mol. The summed E-state index contributed by atoms with van der Waals surface area (Å²) in [4.78, 5) is 22.6. The second kappa shape index (κ2) is 5.57. The van der Waals surface area contributed by atoms with Gasteiger partial charge in [-0.1, -0.05) is 18.2 Å². The molecule has 1 N–H and O–H groups in total. The Bertz CT molecular complexity index is 713. The Morgan fingerprint density at radius 1 is 1.19 bits per heavy atom. The van der Waals surface area contributed by atoms with Gasteiger partial charge in [-0.3, -0.25) is 14.9 Å². The van der Waals surface area contributed by atoms with Crippen LogP contribution in [0.5, 0.6) is 0 Å². The van der Waals surface area contributed by atoms with Crippen molar-refractivity contribution in [2.24, 2.45) is 0 Å². The normalized spacial score (nSPS) is 12.9. The zero-order valence-corrected chi connectivity index (χ0v) is 11.9. The van der Waals surface area contributed by atoms with Gasteiger partial charge < -0.3 is 5.32 Å². The summed E-state index contributed by atoms with van der Waals surface area (Å²) in [5.74, 6) is 0.757. The maximum Gasteiger partial charge on any atom is 0.269 e.